The van der Waals surface area contributed by atoms with Crippen LogP contribution in [-0.2, 0) is 6.54 Å². The standard InChI is InChI=1S/C19H18ClN5O/c1-10-4-5-13(12(3)11(10)2)16-15(25-14(8-21)17(16)20)9-24-19(26)18-22-6-7-23-18/h4-7,25H,9H2,1-3H3,(H,22,23)(H,24,26). The molecular weight excluding hydrogens is 350 g/mol. The lowest BCUT2D eigenvalue weighted by molar-refractivity contribution is 0.0941. The van der Waals surface area contributed by atoms with Gasteiger partial charge in [0.1, 0.15) is 11.8 Å². The van der Waals surface area contributed by atoms with Crippen LogP contribution in [0.25, 0.3) is 11.1 Å². The van der Waals surface area contributed by atoms with E-state index in [1.165, 1.54) is 17.3 Å². The number of nitrogens with zero attached hydrogens (tertiary/aromatic N) is 2. The summed E-state index contributed by atoms with van der Waals surface area (Å²) in [5.41, 5.74) is 6.09. The minimum atomic E-state index is -0.331. The van der Waals surface area contributed by atoms with Crippen molar-refractivity contribution in [3.05, 3.63) is 63.5 Å². The van der Waals surface area contributed by atoms with E-state index in [0.717, 1.165) is 16.7 Å². The smallest absolute Gasteiger partial charge is 0.287 e. The number of carbonyl (C=O) groups excluding carboxylic acids is 1. The molecule has 26 heavy (non-hydrogen) atoms. The van der Waals surface area contributed by atoms with Crippen molar-refractivity contribution in [2.75, 3.05) is 0 Å². The quantitative estimate of drug-likeness (QED) is 0.654. The lowest BCUT2D eigenvalue weighted by Crippen LogP contribution is -2.24. The highest BCUT2D eigenvalue weighted by molar-refractivity contribution is 6.34. The maximum atomic E-state index is 12.1. The molecule has 0 fully saturated rings. The number of carbonyl (C=O) groups is 1. The fourth-order valence-corrected chi connectivity index (χ4v) is 3.19. The van der Waals surface area contributed by atoms with E-state index in [0.29, 0.717) is 10.7 Å². The second-order valence-corrected chi connectivity index (χ2v) is 6.46. The molecule has 0 radical (unpaired) electrons. The third-order valence-corrected chi connectivity index (χ3v) is 4.97. The second kappa shape index (κ2) is 7.06. The van der Waals surface area contributed by atoms with Crippen LogP contribution in [0.3, 0.4) is 0 Å². The Balaban J connectivity index is 2.00. The summed E-state index contributed by atoms with van der Waals surface area (Å²) in [5.74, 6) is -0.103. The fourth-order valence-electron chi connectivity index (χ4n) is 2.88. The number of hydrogen-bond donors (Lipinski definition) is 3. The molecule has 0 atom stereocenters. The van der Waals surface area contributed by atoms with Gasteiger partial charge in [-0.1, -0.05) is 23.7 Å². The van der Waals surface area contributed by atoms with E-state index in [2.05, 4.69) is 40.2 Å². The topological polar surface area (TPSA) is 97.4 Å². The van der Waals surface area contributed by atoms with Crippen LogP contribution in [0.15, 0.2) is 24.5 Å². The van der Waals surface area contributed by atoms with E-state index in [1.807, 2.05) is 19.1 Å². The molecule has 0 aliphatic carbocycles. The van der Waals surface area contributed by atoms with Crippen molar-refractivity contribution in [2.24, 2.45) is 0 Å². The number of aromatic amines is 2. The molecule has 0 spiro atoms. The number of imidazole rings is 1. The fraction of sp³-hybridized carbons (Fsp3) is 0.211. The molecule has 1 aromatic carbocycles. The van der Waals surface area contributed by atoms with Gasteiger partial charge in [-0.15, -0.1) is 0 Å². The molecule has 0 aliphatic rings. The Morgan fingerprint density at radius 1 is 1.31 bits per heavy atom. The van der Waals surface area contributed by atoms with Crippen LogP contribution in [0.1, 0.15) is 38.7 Å². The Morgan fingerprint density at radius 2 is 2.08 bits per heavy atom. The third kappa shape index (κ3) is 3.09. The van der Waals surface area contributed by atoms with E-state index in [9.17, 15) is 10.1 Å². The van der Waals surface area contributed by atoms with Gasteiger partial charge in [-0.25, -0.2) is 4.98 Å². The number of aryl methyl sites for hydroxylation is 1. The summed E-state index contributed by atoms with van der Waals surface area (Å²) in [7, 11) is 0. The third-order valence-electron chi connectivity index (χ3n) is 4.59. The summed E-state index contributed by atoms with van der Waals surface area (Å²) in [6, 6.07) is 6.09. The molecule has 3 N–H and O–H groups in total. The highest BCUT2D eigenvalue weighted by Crippen LogP contribution is 2.37. The summed E-state index contributed by atoms with van der Waals surface area (Å²) < 4.78 is 0. The minimum absolute atomic E-state index is 0.197. The van der Waals surface area contributed by atoms with Gasteiger partial charge in [0.05, 0.1) is 11.6 Å². The summed E-state index contributed by atoms with van der Waals surface area (Å²) >= 11 is 6.46. The van der Waals surface area contributed by atoms with E-state index in [1.54, 1.807) is 6.20 Å². The molecule has 6 nitrogen and oxygen atoms in total. The van der Waals surface area contributed by atoms with Gasteiger partial charge < -0.3 is 15.3 Å². The molecule has 0 saturated carbocycles. The largest absolute Gasteiger partial charge is 0.347 e. The first-order valence-electron chi connectivity index (χ1n) is 8.09. The van der Waals surface area contributed by atoms with Gasteiger partial charge in [0.2, 0.25) is 0 Å². The number of nitrogens with one attached hydrogen (secondary N) is 3. The van der Waals surface area contributed by atoms with Crippen molar-refractivity contribution in [2.45, 2.75) is 27.3 Å². The second-order valence-electron chi connectivity index (χ2n) is 6.08. The van der Waals surface area contributed by atoms with E-state index in [-0.39, 0.29) is 24.0 Å². The van der Waals surface area contributed by atoms with Gasteiger partial charge in [-0.2, -0.15) is 5.26 Å². The van der Waals surface area contributed by atoms with Crippen molar-refractivity contribution in [1.82, 2.24) is 20.3 Å². The van der Waals surface area contributed by atoms with E-state index in [4.69, 9.17) is 11.6 Å². The average Bonchev–Trinajstić information content (AvgIpc) is 3.27. The van der Waals surface area contributed by atoms with Gasteiger partial charge >= 0.3 is 0 Å². The number of amides is 1. The zero-order valence-corrected chi connectivity index (χ0v) is 15.5. The van der Waals surface area contributed by atoms with Crippen molar-refractivity contribution >= 4 is 17.5 Å². The van der Waals surface area contributed by atoms with Crippen molar-refractivity contribution in [3.8, 4) is 17.2 Å². The number of benzene rings is 1. The van der Waals surface area contributed by atoms with Gasteiger partial charge in [-0.05, 0) is 43.0 Å². The van der Waals surface area contributed by atoms with Crippen LogP contribution in [0.4, 0.5) is 0 Å². The molecule has 3 rings (SSSR count). The zero-order chi connectivity index (χ0) is 18.8. The average molecular weight is 368 g/mol. The number of H-pyrrole nitrogens is 2. The molecule has 0 bridgehead atoms. The summed E-state index contributed by atoms with van der Waals surface area (Å²) in [4.78, 5) is 21.8. The van der Waals surface area contributed by atoms with Crippen LogP contribution in [0.2, 0.25) is 5.02 Å². The SMILES string of the molecule is Cc1ccc(-c2c(CNC(=O)c3ncc[nH]3)[nH]c(C#N)c2Cl)c(C)c1C. The normalized spacial score (nSPS) is 10.6. The molecule has 1 amide bonds. The predicted octanol–water partition coefficient (Wildman–Crippen LogP) is 3.79. The summed E-state index contributed by atoms with van der Waals surface area (Å²) in [6.07, 6.45) is 3.09. The van der Waals surface area contributed by atoms with E-state index >= 15 is 0 Å². The Morgan fingerprint density at radius 3 is 2.73 bits per heavy atom. The summed E-state index contributed by atoms with van der Waals surface area (Å²) in [6.45, 7) is 6.33. The first kappa shape index (κ1) is 17.8. The van der Waals surface area contributed by atoms with Crippen LogP contribution in [-0.4, -0.2) is 20.9 Å². The lowest BCUT2D eigenvalue weighted by atomic mass is 9.94. The minimum Gasteiger partial charge on any atom is -0.347 e. The number of aromatic nitrogens is 3. The molecule has 132 valence electrons. The first-order valence-corrected chi connectivity index (χ1v) is 8.47. The van der Waals surface area contributed by atoms with Crippen molar-refractivity contribution < 1.29 is 4.79 Å². The van der Waals surface area contributed by atoms with Crippen molar-refractivity contribution in [1.29, 1.82) is 5.26 Å². The maximum absolute atomic E-state index is 12.1. The maximum Gasteiger partial charge on any atom is 0.287 e. The Labute approximate surface area is 156 Å². The summed E-state index contributed by atoms with van der Waals surface area (Å²) in [5, 5.41) is 12.5. The molecular formula is C19H18ClN5O. The van der Waals surface area contributed by atoms with Crippen LogP contribution in [0.5, 0.6) is 0 Å². The Hall–Kier alpha value is -3.04. The Kier molecular flexibility index (Phi) is 4.83. The number of nitriles is 1. The van der Waals surface area contributed by atoms with Gasteiger partial charge in [0.15, 0.2) is 5.82 Å². The molecule has 0 unspecified atom stereocenters. The van der Waals surface area contributed by atoms with Crippen LogP contribution >= 0.6 is 11.6 Å². The molecule has 7 heteroatoms. The van der Waals surface area contributed by atoms with Crippen molar-refractivity contribution in [3.63, 3.8) is 0 Å². The van der Waals surface area contributed by atoms with Crippen LogP contribution in [0, 0.1) is 32.1 Å². The lowest BCUT2D eigenvalue weighted by Gasteiger charge is -2.13. The van der Waals surface area contributed by atoms with Gasteiger partial charge in [-0.3, -0.25) is 4.79 Å². The van der Waals surface area contributed by atoms with Gasteiger partial charge in [0, 0.05) is 23.7 Å². The number of rotatable bonds is 4. The van der Waals surface area contributed by atoms with Gasteiger partial charge in [0.25, 0.3) is 5.91 Å². The number of hydrogen-bond acceptors (Lipinski definition) is 3. The molecule has 0 saturated heterocycles. The molecule has 3 aromatic rings. The van der Waals surface area contributed by atoms with E-state index < -0.39 is 0 Å². The zero-order valence-electron chi connectivity index (χ0n) is 14.7. The molecule has 2 heterocycles. The van der Waals surface area contributed by atoms with Crippen LogP contribution < -0.4 is 5.32 Å². The predicted molar refractivity (Wildman–Crippen MR) is 99.9 cm³/mol. The number of halogens is 1. The highest BCUT2D eigenvalue weighted by Gasteiger charge is 2.20. The monoisotopic (exact) mass is 367 g/mol. The molecule has 2 aromatic heterocycles. The Bertz CT molecular complexity index is 1010. The molecule has 0 aliphatic heterocycles. The first-order chi connectivity index (χ1) is 12.4. The highest BCUT2D eigenvalue weighted by atomic mass is 35.5.